The van der Waals surface area contributed by atoms with Crippen LogP contribution in [0.4, 0.5) is 0 Å². The van der Waals surface area contributed by atoms with Crippen molar-refractivity contribution >= 4 is 5.97 Å². The summed E-state index contributed by atoms with van der Waals surface area (Å²) in [4.78, 5) is 11.6. The minimum atomic E-state index is -0.191. The smallest absolute Gasteiger partial charge is 0.306 e. The highest BCUT2D eigenvalue weighted by Crippen LogP contribution is 2.49. The molecule has 0 amide bonds. The molecule has 0 saturated heterocycles. The van der Waals surface area contributed by atoms with E-state index in [0.717, 1.165) is 11.8 Å². The SMILES string of the molecule is C[C@@H](C#N)COC(=O)C[C@@H]1C[C@H]2CC[C@H]1C2. The molecular weight excluding hydrogens is 202 g/mol. The van der Waals surface area contributed by atoms with Crippen LogP contribution in [0, 0.1) is 35.0 Å². The average Bonchev–Trinajstić information content (AvgIpc) is 2.87. The van der Waals surface area contributed by atoms with Crippen molar-refractivity contribution in [3.63, 3.8) is 0 Å². The van der Waals surface area contributed by atoms with Gasteiger partial charge in [0.25, 0.3) is 0 Å². The highest BCUT2D eigenvalue weighted by molar-refractivity contribution is 5.69. The number of hydrogen-bond donors (Lipinski definition) is 0. The topological polar surface area (TPSA) is 50.1 Å². The highest BCUT2D eigenvalue weighted by atomic mass is 16.5. The third-order valence-corrected chi connectivity index (χ3v) is 4.03. The number of ether oxygens (including phenoxy) is 1. The molecule has 2 aliphatic rings. The van der Waals surface area contributed by atoms with Crippen LogP contribution in [0.1, 0.15) is 39.0 Å². The van der Waals surface area contributed by atoms with Gasteiger partial charge in [-0.3, -0.25) is 4.79 Å². The summed E-state index contributed by atoms with van der Waals surface area (Å²) in [6, 6.07) is 2.06. The van der Waals surface area contributed by atoms with Gasteiger partial charge in [-0.25, -0.2) is 0 Å². The molecule has 2 fully saturated rings. The molecule has 88 valence electrons. The van der Waals surface area contributed by atoms with Crippen molar-refractivity contribution in [2.24, 2.45) is 23.7 Å². The van der Waals surface area contributed by atoms with Gasteiger partial charge in [-0.2, -0.15) is 5.26 Å². The zero-order valence-corrected chi connectivity index (χ0v) is 9.82. The van der Waals surface area contributed by atoms with Gasteiger partial charge in [0.05, 0.1) is 12.0 Å². The molecular formula is C13H19NO2. The van der Waals surface area contributed by atoms with Crippen LogP contribution in [0.2, 0.25) is 0 Å². The molecule has 0 heterocycles. The van der Waals surface area contributed by atoms with Crippen molar-refractivity contribution < 1.29 is 9.53 Å². The van der Waals surface area contributed by atoms with Gasteiger partial charge in [0.15, 0.2) is 0 Å². The molecule has 4 atom stereocenters. The number of nitriles is 1. The molecule has 0 aromatic rings. The molecule has 0 unspecified atom stereocenters. The van der Waals surface area contributed by atoms with Crippen LogP contribution in [0.5, 0.6) is 0 Å². The van der Waals surface area contributed by atoms with Crippen molar-refractivity contribution in [3.05, 3.63) is 0 Å². The van der Waals surface area contributed by atoms with E-state index in [4.69, 9.17) is 10.00 Å². The Kier molecular flexibility index (Phi) is 3.48. The van der Waals surface area contributed by atoms with E-state index in [1.54, 1.807) is 6.92 Å². The maximum Gasteiger partial charge on any atom is 0.306 e. The second-order valence-electron chi connectivity index (χ2n) is 5.35. The number of esters is 1. The van der Waals surface area contributed by atoms with Crippen LogP contribution in [0.25, 0.3) is 0 Å². The lowest BCUT2D eigenvalue weighted by molar-refractivity contribution is -0.145. The van der Waals surface area contributed by atoms with Crippen LogP contribution in [-0.2, 0) is 9.53 Å². The number of fused-ring (bicyclic) bond motifs is 2. The van der Waals surface area contributed by atoms with Crippen molar-refractivity contribution in [1.29, 1.82) is 5.26 Å². The number of rotatable bonds is 4. The summed E-state index contributed by atoms with van der Waals surface area (Å²) in [5.41, 5.74) is 0. The van der Waals surface area contributed by atoms with Gasteiger partial charge in [0.1, 0.15) is 6.61 Å². The lowest BCUT2D eigenvalue weighted by Gasteiger charge is -2.20. The van der Waals surface area contributed by atoms with Gasteiger partial charge in [-0.05, 0) is 43.9 Å². The third-order valence-electron chi connectivity index (χ3n) is 4.03. The van der Waals surface area contributed by atoms with E-state index >= 15 is 0 Å². The minimum absolute atomic E-state index is 0.111. The number of carbonyl (C=O) groups excluding carboxylic acids is 1. The molecule has 3 nitrogen and oxygen atoms in total. The first kappa shape index (κ1) is 11.4. The average molecular weight is 221 g/mol. The van der Waals surface area contributed by atoms with E-state index in [-0.39, 0.29) is 18.5 Å². The number of carbonyl (C=O) groups is 1. The fraction of sp³-hybridized carbons (Fsp3) is 0.846. The van der Waals surface area contributed by atoms with E-state index in [1.807, 2.05) is 0 Å². The molecule has 2 aliphatic carbocycles. The Morgan fingerprint density at radius 3 is 2.88 bits per heavy atom. The Bertz CT molecular complexity index is 308. The first-order chi connectivity index (χ1) is 7.69. The van der Waals surface area contributed by atoms with Crippen LogP contribution in [0.15, 0.2) is 0 Å². The predicted molar refractivity (Wildman–Crippen MR) is 59.3 cm³/mol. The second kappa shape index (κ2) is 4.86. The van der Waals surface area contributed by atoms with Crippen molar-refractivity contribution in [2.45, 2.75) is 39.0 Å². The van der Waals surface area contributed by atoms with Crippen LogP contribution < -0.4 is 0 Å². The quantitative estimate of drug-likeness (QED) is 0.685. The Balaban J connectivity index is 1.70. The van der Waals surface area contributed by atoms with E-state index in [0.29, 0.717) is 12.3 Å². The Morgan fingerprint density at radius 1 is 1.50 bits per heavy atom. The lowest BCUT2D eigenvalue weighted by atomic mass is 9.86. The van der Waals surface area contributed by atoms with Crippen LogP contribution in [0.3, 0.4) is 0 Å². The summed E-state index contributed by atoms with van der Waals surface area (Å²) in [5.74, 6) is 1.90. The van der Waals surface area contributed by atoms with E-state index in [9.17, 15) is 4.79 Å². The third kappa shape index (κ3) is 2.55. The number of hydrogen-bond acceptors (Lipinski definition) is 3. The molecule has 2 rings (SSSR count). The monoisotopic (exact) mass is 221 g/mol. The van der Waals surface area contributed by atoms with Gasteiger partial charge in [-0.15, -0.1) is 0 Å². The van der Waals surface area contributed by atoms with Gasteiger partial charge >= 0.3 is 5.97 Å². The standard InChI is InChI=1S/C13H19NO2/c1-9(7-14)8-16-13(15)6-12-5-10-2-3-11(12)4-10/h9-12H,2-6,8H2,1H3/t9-,10-,11-,12-/m0/s1. The molecule has 0 spiro atoms. The summed E-state index contributed by atoms with van der Waals surface area (Å²) >= 11 is 0. The summed E-state index contributed by atoms with van der Waals surface area (Å²) in [6.07, 6.45) is 5.78. The van der Waals surface area contributed by atoms with Gasteiger partial charge in [-0.1, -0.05) is 6.42 Å². The molecule has 2 bridgehead atoms. The molecule has 16 heavy (non-hydrogen) atoms. The summed E-state index contributed by atoms with van der Waals surface area (Å²) < 4.78 is 5.10. The lowest BCUT2D eigenvalue weighted by Crippen LogP contribution is -2.18. The van der Waals surface area contributed by atoms with E-state index in [2.05, 4.69) is 6.07 Å². The van der Waals surface area contributed by atoms with Gasteiger partial charge in [0.2, 0.25) is 0 Å². The first-order valence-electron chi connectivity index (χ1n) is 6.24. The first-order valence-corrected chi connectivity index (χ1v) is 6.24. The maximum atomic E-state index is 11.6. The van der Waals surface area contributed by atoms with Crippen LogP contribution >= 0.6 is 0 Å². The molecule has 0 N–H and O–H groups in total. The summed E-state index contributed by atoms with van der Waals surface area (Å²) in [5, 5.41) is 8.58. The fourth-order valence-corrected chi connectivity index (χ4v) is 3.15. The van der Waals surface area contributed by atoms with Crippen molar-refractivity contribution in [3.8, 4) is 6.07 Å². The molecule has 0 aliphatic heterocycles. The summed E-state index contributed by atoms with van der Waals surface area (Å²) in [7, 11) is 0. The Labute approximate surface area is 96.8 Å². The maximum absolute atomic E-state index is 11.6. The largest absolute Gasteiger partial charge is 0.464 e. The number of nitrogens with zero attached hydrogens (tertiary/aromatic N) is 1. The zero-order valence-electron chi connectivity index (χ0n) is 9.82. The Hall–Kier alpha value is -1.04. The minimum Gasteiger partial charge on any atom is -0.464 e. The zero-order chi connectivity index (χ0) is 11.5. The molecule has 0 radical (unpaired) electrons. The highest BCUT2D eigenvalue weighted by Gasteiger charge is 2.40. The normalized spacial score (nSPS) is 33.4. The van der Waals surface area contributed by atoms with Crippen molar-refractivity contribution in [2.75, 3.05) is 6.61 Å². The summed E-state index contributed by atoms with van der Waals surface area (Å²) in [6.45, 7) is 2.01. The van der Waals surface area contributed by atoms with E-state index in [1.165, 1.54) is 25.7 Å². The molecule has 0 aromatic heterocycles. The van der Waals surface area contributed by atoms with E-state index < -0.39 is 0 Å². The van der Waals surface area contributed by atoms with Gasteiger partial charge < -0.3 is 4.74 Å². The molecule has 0 aromatic carbocycles. The second-order valence-corrected chi connectivity index (χ2v) is 5.35. The van der Waals surface area contributed by atoms with Gasteiger partial charge in [0, 0.05) is 6.42 Å². The molecule has 2 saturated carbocycles. The predicted octanol–water partition coefficient (Wildman–Crippen LogP) is 2.52. The molecule has 3 heteroatoms. The Morgan fingerprint density at radius 2 is 2.31 bits per heavy atom. The fourth-order valence-electron chi connectivity index (χ4n) is 3.15. The van der Waals surface area contributed by atoms with Crippen LogP contribution in [-0.4, -0.2) is 12.6 Å². The van der Waals surface area contributed by atoms with Crippen molar-refractivity contribution in [1.82, 2.24) is 0 Å².